The van der Waals surface area contributed by atoms with Crippen molar-refractivity contribution in [2.75, 3.05) is 6.61 Å². The number of rotatable bonds is 5. The SMILES string of the molecule is CC(CCCO)NC(=O)c1cc(=O)c2ccccc2[nH]1. The van der Waals surface area contributed by atoms with Crippen LogP contribution in [0.3, 0.4) is 0 Å². The summed E-state index contributed by atoms with van der Waals surface area (Å²) in [5, 5.41) is 12.1. The van der Waals surface area contributed by atoms with E-state index in [0.717, 1.165) is 0 Å². The summed E-state index contributed by atoms with van der Waals surface area (Å²) in [7, 11) is 0. The Balaban J connectivity index is 2.20. The molecule has 1 unspecified atom stereocenters. The van der Waals surface area contributed by atoms with E-state index in [1.165, 1.54) is 6.07 Å². The quantitative estimate of drug-likeness (QED) is 0.771. The van der Waals surface area contributed by atoms with Crippen LogP contribution in [0.25, 0.3) is 10.9 Å². The first-order chi connectivity index (χ1) is 9.61. The Kier molecular flexibility index (Phi) is 4.53. The average Bonchev–Trinajstić information content (AvgIpc) is 2.45. The lowest BCUT2D eigenvalue weighted by Gasteiger charge is -2.13. The van der Waals surface area contributed by atoms with Gasteiger partial charge in [-0.2, -0.15) is 0 Å². The molecule has 0 aliphatic heterocycles. The summed E-state index contributed by atoms with van der Waals surface area (Å²) in [6.45, 7) is 1.97. The fraction of sp³-hybridized carbons (Fsp3) is 0.333. The van der Waals surface area contributed by atoms with Crippen LogP contribution >= 0.6 is 0 Å². The highest BCUT2D eigenvalue weighted by atomic mass is 16.3. The molecule has 1 amide bonds. The van der Waals surface area contributed by atoms with Gasteiger partial charge >= 0.3 is 0 Å². The molecule has 0 aliphatic carbocycles. The number of pyridine rings is 1. The van der Waals surface area contributed by atoms with Crippen LogP contribution in [0.15, 0.2) is 35.1 Å². The molecular weight excluding hydrogens is 256 g/mol. The van der Waals surface area contributed by atoms with Gasteiger partial charge < -0.3 is 15.4 Å². The number of H-pyrrole nitrogens is 1. The normalized spacial score (nSPS) is 12.3. The summed E-state index contributed by atoms with van der Waals surface area (Å²) in [5.74, 6) is -0.307. The maximum Gasteiger partial charge on any atom is 0.268 e. The van der Waals surface area contributed by atoms with E-state index in [1.807, 2.05) is 13.0 Å². The number of nitrogens with one attached hydrogen (secondary N) is 2. The maximum absolute atomic E-state index is 12.1. The van der Waals surface area contributed by atoms with Crippen molar-refractivity contribution >= 4 is 16.8 Å². The van der Waals surface area contributed by atoms with Crippen LogP contribution in [0, 0.1) is 0 Å². The van der Waals surface area contributed by atoms with Crippen molar-refractivity contribution in [3.63, 3.8) is 0 Å². The number of hydrogen-bond donors (Lipinski definition) is 3. The number of para-hydroxylation sites is 1. The Morgan fingerprint density at radius 1 is 1.40 bits per heavy atom. The fourth-order valence-corrected chi connectivity index (χ4v) is 2.09. The van der Waals surface area contributed by atoms with Gasteiger partial charge in [-0.3, -0.25) is 9.59 Å². The van der Waals surface area contributed by atoms with Crippen LogP contribution in [-0.2, 0) is 0 Å². The lowest BCUT2D eigenvalue weighted by atomic mass is 10.1. The minimum Gasteiger partial charge on any atom is -0.396 e. The zero-order chi connectivity index (χ0) is 14.5. The van der Waals surface area contributed by atoms with Gasteiger partial charge in [0.15, 0.2) is 5.43 Å². The van der Waals surface area contributed by atoms with Gasteiger partial charge in [0.2, 0.25) is 0 Å². The van der Waals surface area contributed by atoms with E-state index in [0.29, 0.717) is 23.7 Å². The third-order valence-corrected chi connectivity index (χ3v) is 3.15. The monoisotopic (exact) mass is 274 g/mol. The molecule has 1 atom stereocenters. The second-order valence-corrected chi connectivity index (χ2v) is 4.83. The van der Waals surface area contributed by atoms with Crippen molar-refractivity contribution in [3.05, 3.63) is 46.2 Å². The molecule has 5 nitrogen and oxygen atoms in total. The largest absolute Gasteiger partial charge is 0.396 e. The number of aliphatic hydroxyl groups excluding tert-OH is 1. The molecule has 0 saturated heterocycles. The van der Waals surface area contributed by atoms with Gasteiger partial charge in [0.1, 0.15) is 5.69 Å². The summed E-state index contributed by atoms with van der Waals surface area (Å²) >= 11 is 0. The van der Waals surface area contributed by atoms with E-state index >= 15 is 0 Å². The first-order valence-electron chi connectivity index (χ1n) is 6.65. The number of amides is 1. The van der Waals surface area contributed by atoms with Crippen LogP contribution in [0.4, 0.5) is 0 Å². The molecule has 0 saturated carbocycles. The van der Waals surface area contributed by atoms with Gasteiger partial charge in [0.25, 0.3) is 5.91 Å². The van der Waals surface area contributed by atoms with Crippen molar-refractivity contribution in [3.8, 4) is 0 Å². The van der Waals surface area contributed by atoms with Crippen molar-refractivity contribution in [1.82, 2.24) is 10.3 Å². The number of aromatic amines is 1. The van der Waals surface area contributed by atoms with Gasteiger partial charge in [0.05, 0.1) is 0 Å². The first-order valence-corrected chi connectivity index (χ1v) is 6.65. The highest BCUT2D eigenvalue weighted by molar-refractivity contribution is 5.94. The summed E-state index contributed by atoms with van der Waals surface area (Å²) in [4.78, 5) is 27.0. The third-order valence-electron chi connectivity index (χ3n) is 3.15. The molecule has 0 fully saturated rings. The van der Waals surface area contributed by atoms with Crippen LogP contribution in [-0.4, -0.2) is 28.6 Å². The topological polar surface area (TPSA) is 82.2 Å². The van der Waals surface area contributed by atoms with E-state index in [1.54, 1.807) is 18.2 Å². The number of aromatic nitrogens is 1. The van der Waals surface area contributed by atoms with Crippen molar-refractivity contribution in [2.45, 2.75) is 25.8 Å². The standard InChI is InChI=1S/C15H18N2O3/c1-10(5-4-8-18)16-15(20)13-9-14(19)11-6-2-3-7-12(11)17-13/h2-3,6-7,9-10,18H,4-5,8H2,1H3,(H,16,20)(H,17,19). The molecule has 1 aromatic carbocycles. The van der Waals surface area contributed by atoms with Crippen molar-refractivity contribution < 1.29 is 9.90 Å². The molecule has 2 aromatic rings. The Morgan fingerprint density at radius 3 is 2.90 bits per heavy atom. The minimum absolute atomic E-state index is 0.0513. The van der Waals surface area contributed by atoms with E-state index in [2.05, 4.69) is 10.3 Å². The molecule has 0 radical (unpaired) electrons. The fourth-order valence-electron chi connectivity index (χ4n) is 2.09. The molecule has 0 spiro atoms. The van der Waals surface area contributed by atoms with Crippen LogP contribution < -0.4 is 10.7 Å². The maximum atomic E-state index is 12.1. The Bertz CT molecular complexity index is 663. The zero-order valence-electron chi connectivity index (χ0n) is 11.3. The number of fused-ring (bicyclic) bond motifs is 1. The second-order valence-electron chi connectivity index (χ2n) is 4.83. The van der Waals surface area contributed by atoms with E-state index in [-0.39, 0.29) is 29.7 Å². The van der Waals surface area contributed by atoms with Gasteiger partial charge in [-0.05, 0) is 31.9 Å². The molecule has 1 aromatic heterocycles. The molecule has 0 bridgehead atoms. The summed E-state index contributed by atoms with van der Waals surface area (Å²) in [6.07, 6.45) is 1.33. The lowest BCUT2D eigenvalue weighted by molar-refractivity contribution is 0.0931. The molecule has 1 heterocycles. The second kappa shape index (κ2) is 6.34. The number of hydrogen-bond acceptors (Lipinski definition) is 3. The van der Waals surface area contributed by atoms with Crippen LogP contribution in [0.2, 0.25) is 0 Å². The molecule has 2 rings (SSSR count). The van der Waals surface area contributed by atoms with Crippen LogP contribution in [0.1, 0.15) is 30.3 Å². The first kappa shape index (κ1) is 14.3. The Hall–Kier alpha value is -2.14. The third kappa shape index (κ3) is 3.24. The average molecular weight is 274 g/mol. The zero-order valence-corrected chi connectivity index (χ0v) is 11.3. The smallest absolute Gasteiger partial charge is 0.268 e. The number of carbonyl (C=O) groups excluding carboxylic acids is 1. The summed E-state index contributed by atoms with van der Waals surface area (Å²) in [6, 6.07) is 8.35. The molecule has 106 valence electrons. The molecular formula is C15H18N2O3. The molecule has 20 heavy (non-hydrogen) atoms. The Morgan fingerprint density at radius 2 is 2.15 bits per heavy atom. The Labute approximate surface area is 116 Å². The number of carbonyl (C=O) groups is 1. The highest BCUT2D eigenvalue weighted by Crippen LogP contribution is 2.07. The van der Waals surface area contributed by atoms with Gasteiger partial charge in [-0.25, -0.2) is 0 Å². The molecule has 5 heteroatoms. The lowest BCUT2D eigenvalue weighted by Crippen LogP contribution is -2.33. The number of benzene rings is 1. The predicted molar refractivity (Wildman–Crippen MR) is 77.8 cm³/mol. The van der Waals surface area contributed by atoms with E-state index in [4.69, 9.17) is 5.11 Å². The van der Waals surface area contributed by atoms with Gasteiger partial charge in [-0.1, -0.05) is 12.1 Å². The summed E-state index contributed by atoms with van der Waals surface area (Å²) in [5.41, 5.74) is 0.727. The van der Waals surface area contributed by atoms with Crippen LogP contribution in [0.5, 0.6) is 0 Å². The van der Waals surface area contributed by atoms with E-state index < -0.39 is 0 Å². The minimum atomic E-state index is -0.307. The van der Waals surface area contributed by atoms with E-state index in [9.17, 15) is 9.59 Å². The van der Waals surface area contributed by atoms with Gasteiger partial charge in [-0.15, -0.1) is 0 Å². The van der Waals surface area contributed by atoms with Crippen molar-refractivity contribution in [2.24, 2.45) is 0 Å². The molecule has 3 N–H and O–H groups in total. The summed E-state index contributed by atoms with van der Waals surface area (Å²) < 4.78 is 0. The highest BCUT2D eigenvalue weighted by Gasteiger charge is 2.12. The predicted octanol–water partition coefficient (Wildman–Crippen LogP) is 1.42. The number of aliphatic hydroxyl groups is 1. The molecule has 0 aliphatic rings. The van der Waals surface area contributed by atoms with Gasteiger partial charge in [0, 0.05) is 29.6 Å². The van der Waals surface area contributed by atoms with Crippen molar-refractivity contribution in [1.29, 1.82) is 0 Å².